The molecule has 0 unspecified atom stereocenters. The molecule has 1 aliphatic carbocycles. The first-order chi connectivity index (χ1) is 25.3. The summed E-state index contributed by atoms with van der Waals surface area (Å²) in [4.78, 5) is 38.7. The van der Waals surface area contributed by atoms with E-state index < -0.39 is 24.2 Å². The Bertz CT molecular complexity index is 1570. The number of aliphatic hydroxyl groups is 1. The molecule has 5 N–H and O–H groups in total. The van der Waals surface area contributed by atoms with Gasteiger partial charge >= 0.3 is 0 Å². The van der Waals surface area contributed by atoms with Crippen LogP contribution in [0, 0.1) is 35.0 Å². The van der Waals surface area contributed by atoms with E-state index in [-0.39, 0.29) is 48.3 Å². The van der Waals surface area contributed by atoms with Gasteiger partial charge in [0.15, 0.2) is 0 Å². The third-order valence-corrected chi connectivity index (χ3v) is 12.5. The number of benzene rings is 2. The van der Waals surface area contributed by atoms with Gasteiger partial charge in [-0.25, -0.2) is 0 Å². The molecule has 2 amide bonds. The number of para-hydroxylation sites is 1. The smallest absolute Gasteiger partial charge is 0.251 e. The highest BCUT2D eigenvalue weighted by molar-refractivity contribution is 5.97. The van der Waals surface area contributed by atoms with Crippen molar-refractivity contribution in [1.29, 1.82) is 0 Å². The third kappa shape index (κ3) is 9.77. The molecule has 0 spiro atoms. The van der Waals surface area contributed by atoms with E-state index in [2.05, 4.69) is 70.1 Å². The van der Waals surface area contributed by atoms with Crippen molar-refractivity contribution in [3.8, 4) is 16.9 Å². The van der Waals surface area contributed by atoms with Gasteiger partial charge in [0.05, 0.1) is 25.9 Å². The molecule has 0 aromatic heterocycles. The number of hydroxylamine groups is 2. The lowest BCUT2D eigenvalue weighted by atomic mass is 9.58. The number of ether oxygens (including phenoxy) is 1. The molecule has 54 heavy (non-hydrogen) atoms. The second-order valence-corrected chi connectivity index (χ2v) is 17.7. The normalized spacial score (nSPS) is 26.8. The average Bonchev–Trinajstić information content (AvgIpc) is 3.47. The van der Waals surface area contributed by atoms with E-state index in [1.165, 1.54) is 0 Å². The Morgan fingerprint density at radius 1 is 1.09 bits per heavy atom. The molecule has 0 bridgehead atoms. The number of rotatable bonds is 15. The number of anilines is 1. The molecular formula is C43H70N6O5. The number of aliphatic hydroxyl groups excluding tert-OH is 1. The molecule has 1 saturated heterocycles. The van der Waals surface area contributed by atoms with E-state index in [1.807, 2.05) is 63.4 Å². The topological polar surface area (TPSA) is 133 Å². The quantitative estimate of drug-likeness (QED) is 0.189. The van der Waals surface area contributed by atoms with Crippen molar-refractivity contribution in [2.24, 2.45) is 40.7 Å². The van der Waals surface area contributed by atoms with Crippen LogP contribution >= 0.6 is 0 Å². The number of carbonyl (C=O) groups is 2. The van der Waals surface area contributed by atoms with Crippen molar-refractivity contribution in [2.75, 3.05) is 53.3 Å². The van der Waals surface area contributed by atoms with Gasteiger partial charge in [-0.1, -0.05) is 66.7 Å². The lowest BCUT2D eigenvalue weighted by molar-refractivity contribution is -0.174. The summed E-state index contributed by atoms with van der Waals surface area (Å²) in [6, 6.07) is 11.0. The van der Waals surface area contributed by atoms with Crippen LogP contribution in [0.5, 0.6) is 5.75 Å². The molecule has 1 heterocycles. The van der Waals surface area contributed by atoms with Crippen molar-refractivity contribution < 1.29 is 24.3 Å². The monoisotopic (exact) mass is 751 g/mol. The fraction of sp³-hybridized carbons (Fsp3) is 0.674. The molecular weight excluding hydrogens is 681 g/mol. The highest BCUT2D eigenvalue weighted by atomic mass is 16.7. The maximum atomic E-state index is 14.4. The molecule has 2 aromatic carbocycles. The number of hydrogen-bond donors (Lipinski definition) is 4. The van der Waals surface area contributed by atoms with Crippen LogP contribution < -0.4 is 26.0 Å². The summed E-state index contributed by atoms with van der Waals surface area (Å²) >= 11 is 0. The molecule has 1 aliphatic heterocycles. The maximum Gasteiger partial charge on any atom is 0.251 e. The van der Waals surface area contributed by atoms with Gasteiger partial charge in [0.25, 0.3) is 5.91 Å². The lowest BCUT2D eigenvalue weighted by Crippen LogP contribution is -2.56. The third-order valence-electron chi connectivity index (χ3n) is 12.5. The van der Waals surface area contributed by atoms with Crippen LogP contribution in [-0.4, -0.2) is 106 Å². The number of likely N-dealkylation sites (N-methyl/N-ethyl adjacent to an activating group) is 1. The highest BCUT2D eigenvalue weighted by Gasteiger charge is 2.51. The number of methoxy groups -OCH3 is 1. The minimum atomic E-state index is -0.829. The first-order valence-corrected chi connectivity index (χ1v) is 19.9. The van der Waals surface area contributed by atoms with Gasteiger partial charge in [-0.05, 0) is 86.7 Å². The Balaban J connectivity index is 1.69. The number of nitrogens with zero attached hydrogens (tertiary/aromatic N) is 3. The van der Waals surface area contributed by atoms with Gasteiger partial charge in [0.2, 0.25) is 5.91 Å². The van der Waals surface area contributed by atoms with Crippen molar-refractivity contribution in [3.63, 3.8) is 0 Å². The van der Waals surface area contributed by atoms with E-state index >= 15 is 0 Å². The summed E-state index contributed by atoms with van der Waals surface area (Å²) in [7, 11) is 9.59. The van der Waals surface area contributed by atoms with E-state index in [1.54, 1.807) is 19.1 Å². The van der Waals surface area contributed by atoms with Crippen LogP contribution in [0.25, 0.3) is 11.1 Å². The van der Waals surface area contributed by atoms with Crippen molar-refractivity contribution >= 4 is 17.5 Å². The van der Waals surface area contributed by atoms with Crippen molar-refractivity contribution in [3.05, 3.63) is 47.5 Å². The van der Waals surface area contributed by atoms with Crippen molar-refractivity contribution in [2.45, 2.75) is 105 Å². The van der Waals surface area contributed by atoms with Crippen LogP contribution in [0.2, 0.25) is 0 Å². The van der Waals surface area contributed by atoms with Gasteiger partial charge in [-0.15, -0.1) is 0 Å². The zero-order valence-electron chi connectivity index (χ0n) is 35.3. The Morgan fingerprint density at radius 3 is 2.35 bits per heavy atom. The molecule has 2 fully saturated rings. The SMILES string of the molecule is COc1c(CN2O[C@@H](CN)[C@@H]([C@H](C)O)[C@H]2C(=O)N[C@H]2C[C@@H](C)C(C)(C)[C@@H](C)[C@@H]2C)cccc1-c1cc(C(=O)N[C@@H](CC(C)C)CN(C)C)cc(N(C)C)c1. The van der Waals surface area contributed by atoms with Gasteiger partial charge < -0.3 is 36.0 Å². The van der Waals surface area contributed by atoms with Gasteiger partial charge in [-0.3, -0.25) is 14.4 Å². The molecule has 2 aromatic rings. The maximum absolute atomic E-state index is 14.4. The standard InChI is InChI=1S/C43H70N6O5/c1-25(2)17-33(24-47(9)10)45-41(51)32-19-31(20-34(21-32)48(11)12)35-16-14-15-30(40(35)53-13)23-49-39(38(29(6)50)37(22-44)54-49)42(52)46-36-18-26(3)43(7,8)28(5)27(36)4/h14-16,19-21,25-29,33,36-39,50H,17-18,22-24,44H2,1-13H3,(H,45,51)(H,46,52)/t26-,27+,28+,29+,33+,36+,37+,38-,39+/m1/s1. The largest absolute Gasteiger partial charge is 0.496 e. The molecule has 0 radical (unpaired) electrons. The van der Waals surface area contributed by atoms with E-state index in [4.69, 9.17) is 15.3 Å². The van der Waals surface area contributed by atoms with Crippen LogP contribution in [0.3, 0.4) is 0 Å². The molecule has 11 nitrogen and oxygen atoms in total. The van der Waals surface area contributed by atoms with Crippen LogP contribution in [0.1, 0.15) is 84.2 Å². The summed E-state index contributed by atoms with van der Waals surface area (Å²) < 4.78 is 6.12. The molecule has 4 rings (SSSR count). The van der Waals surface area contributed by atoms with Crippen molar-refractivity contribution in [1.82, 2.24) is 20.6 Å². The zero-order valence-corrected chi connectivity index (χ0v) is 35.3. The summed E-state index contributed by atoms with van der Waals surface area (Å²) in [6.07, 6.45) is 0.381. The number of carbonyl (C=O) groups excluding carboxylic acids is 2. The predicted molar refractivity (Wildman–Crippen MR) is 218 cm³/mol. The number of amides is 2. The second kappa shape index (κ2) is 18.2. The Labute approximate surface area is 325 Å². The minimum absolute atomic E-state index is 0.000665. The minimum Gasteiger partial charge on any atom is -0.496 e. The number of hydrogen-bond acceptors (Lipinski definition) is 9. The highest BCUT2D eigenvalue weighted by Crippen LogP contribution is 2.47. The van der Waals surface area contributed by atoms with E-state index in [0.717, 1.165) is 41.8 Å². The first kappa shape index (κ1) is 43.5. The zero-order chi connectivity index (χ0) is 40.2. The second-order valence-electron chi connectivity index (χ2n) is 17.7. The Kier molecular flexibility index (Phi) is 14.6. The van der Waals surface area contributed by atoms with Gasteiger partial charge in [0.1, 0.15) is 11.8 Å². The van der Waals surface area contributed by atoms with E-state index in [9.17, 15) is 14.7 Å². The summed E-state index contributed by atoms with van der Waals surface area (Å²) in [5.74, 6) is 1.35. The first-order valence-electron chi connectivity index (χ1n) is 19.9. The number of nitrogens with two attached hydrogens (primary N) is 1. The summed E-state index contributed by atoms with van der Waals surface area (Å²) in [5.41, 5.74) is 10.2. The fourth-order valence-electron chi connectivity index (χ4n) is 8.71. The summed E-state index contributed by atoms with van der Waals surface area (Å²) in [5, 5.41) is 19.4. The van der Waals surface area contributed by atoms with E-state index in [0.29, 0.717) is 29.1 Å². The molecule has 302 valence electrons. The van der Waals surface area contributed by atoms with Gasteiger partial charge in [-0.2, -0.15) is 5.06 Å². The lowest BCUT2D eigenvalue weighted by Gasteiger charge is -2.50. The molecule has 1 saturated carbocycles. The molecule has 11 heteroatoms. The Hall–Kier alpha value is -3.22. The van der Waals surface area contributed by atoms with Crippen LogP contribution in [-0.2, 0) is 16.2 Å². The fourth-order valence-corrected chi connectivity index (χ4v) is 8.71. The van der Waals surface area contributed by atoms with Crippen LogP contribution in [0.4, 0.5) is 5.69 Å². The molecule has 2 aliphatic rings. The Morgan fingerprint density at radius 2 is 1.78 bits per heavy atom. The summed E-state index contributed by atoms with van der Waals surface area (Å²) in [6.45, 7) is 18.6. The molecule has 9 atom stereocenters. The number of nitrogens with one attached hydrogen (secondary N) is 2. The predicted octanol–water partition coefficient (Wildman–Crippen LogP) is 5.40. The van der Waals surface area contributed by atoms with Gasteiger partial charge in [0, 0.05) is 67.6 Å². The van der Waals surface area contributed by atoms with Crippen LogP contribution in [0.15, 0.2) is 36.4 Å². The average molecular weight is 751 g/mol.